The molecule has 1 unspecified atom stereocenters. The summed E-state index contributed by atoms with van der Waals surface area (Å²) in [6.07, 6.45) is -0.877. The molecule has 14 heavy (non-hydrogen) atoms. The fourth-order valence-electron chi connectivity index (χ4n) is 1.14. The van der Waals surface area contributed by atoms with Crippen LogP contribution >= 0.6 is 11.6 Å². The third-order valence-electron chi connectivity index (χ3n) is 2.05. The molecule has 4 heteroatoms. The first kappa shape index (κ1) is 11.4. The number of halogens is 2. The van der Waals surface area contributed by atoms with E-state index in [-0.39, 0.29) is 5.82 Å². The van der Waals surface area contributed by atoms with Crippen LogP contribution in [0, 0.1) is 12.7 Å². The molecule has 0 aliphatic rings. The Kier molecular flexibility index (Phi) is 3.48. The molecule has 1 atom stereocenters. The topological polar surface area (TPSA) is 23.5 Å². The number of aliphatic hydroxyl groups excluding tert-OH is 1. The summed E-state index contributed by atoms with van der Waals surface area (Å²) in [5.41, 5.74) is 0.865. The summed E-state index contributed by atoms with van der Waals surface area (Å²) in [4.78, 5) is 1.55. The van der Waals surface area contributed by atoms with Crippen molar-refractivity contribution in [2.24, 2.45) is 0 Å². The minimum Gasteiger partial charge on any atom is -0.374 e. The van der Waals surface area contributed by atoms with Crippen molar-refractivity contribution in [2.45, 2.75) is 13.2 Å². The highest BCUT2D eigenvalue weighted by Crippen LogP contribution is 2.26. The summed E-state index contributed by atoms with van der Waals surface area (Å²) < 4.78 is 13.2. The Balaban J connectivity index is 3.15. The van der Waals surface area contributed by atoms with Crippen molar-refractivity contribution in [3.05, 3.63) is 34.1 Å². The van der Waals surface area contributed by atoms with Crippen LogP contribution in [0.2, 0.25) is 5.02 Å². The fraction of sp³-hybridized carbons (Fsp3) is 0.400. The summed E-state index contributed by atoms with van der Waals surface area (Å²) in [7, 11) is 3.39. The van der Waals surface area contributed by atoms with Crippen LogP contribution in [0.25, 0.3) is 0 Å². The van der Waals surface area contributed by atoms with Gasteiger partial charge in [-0.05, 0) is 38.7 Å². The first-order chi connectivity index (χ1) is 6.43. The zero-order valence-corrected chi connectivity index (χ0v) is 9.14. The van der Waals surface area contributed by atoms with Crippen LogP contribution in [-0.4, -0.2) is 24.1 Å². The fourth-order valence-corrected chi connectivity index (χ4v) is 1.45. The molecule has 0 saturated carbocycles. The molecular formula is C10H13ClFNO. The monoisotopic (exact) mass is 217 g/mol. The molecular weight excluding hydrogens is 205 g/mol. The van der Waals surface area contributed by atoms with Crippen molar-refractivity contribution in [3.63, 3.8) is 0 Å². The van der Waals surface area contributed by atoms with Crippen LogP contribution in [0.3, 0.4) is 0 Å². The van der Waals surface area contributed by atoms with E-state index in [0.29, 0.717) is 16.1 Å². The second-order valence-electron chi connectivity index (χ2n) is 3.46. The average Bonchev–Trinajstić information content (AvgIpc) is 2.10. The summed E-state index contributed by atoms with van der Waals surface area (Å²) in [5.74, 6) is -0.356. The molecule has 2 nitrogen and oxygen atoms in total. The normalized spacial score (nSPS) is 13.4. The van der Waals surface area contributed by atoms with Gasteiger partial charge in [0.05, 0.1) is 0 Å². The predicted octanol–water partition coefficient (Wildman–Crippen LogP) is 2.34. The van der Waals surface area contributed by atoms with E-state index in [1.165, 1.54) is 12.1 Å². The summed E-state index contributed by atoms with van der Waals surface area (Å²) in [6, 6.07) is 2.78. The first-order valence-electron chi connectivity index (χ1n) is 4.23. The summed E-state index contributed by atoms with van der Waals surface area (Å²) in [5, 5.41) is 10.0. The van der Waals surface area contributed by atoms with Crippen LogP contribution < -0.4 is 0 Å². The molecule has 1 rings (SSSR count). The number of aliphatic hydroxyl groups is 1. The highest BCUT2D eigenvalue weighted by molar-refractivity contribution is 6.31. The molecule has 0 aromatic heterocycles. The third kappa shape index (κ3) is 2.23. The maximum absolute atomic E-state index is 13.2. The van der Waals surface area contributed by atoms with Crippen molar-refractivity contribution in [1.29, 1.82) is 0 Å². The largest absolute Gasteiger partial charge is 0.374 e. The number of nitrogens with zero attached hydrogens (tertiary/aromatic N) is 1. The van der Waals surface area contributed by atoms with Gasteiger partial charge in [-0.3, -0.25) is 4.90 Å². The maximum atomic E-state index is 13.2. The van der Waals surface area contributed by atoms with E-state index in [0.717, 1.165) is 0 Å². The molecule has 0 fully saturated rings. The minimum atomic E-state index is -0.877. The molecule has 1 N–H and O–H groups in total. The van der Waals surface area contributed by atoms with Crippen molar-refractivity contribution in [2.75, 3.05) is 14.1 Å². The van der Waals surface area contributed by atoms with Gasteiger partial charge in [0.2, 0.25) is 0 Å². The van der Waals surface area contributed by atoms with Gasteiger partial charge in [-0.1, -0.05) is 11.6 Å². The van der Waals surface area contributed by atoms with Crippen molar-refractivity contribution in [1.82, 2.24) is 4.90 Å². The van der Waals surface area contributed by atoms with E-state index < -0.39 is 6.23 Å². The Hall–Kier alpha value is -0.640. The molecule has 1 aromatic rings. The number of rotatable bonds is 2. The van der Waals surface area contributed by atoms with Gasteiger partial charge in [0.25, 0.3) is 0 Å². The van der Waals surface area contributed by atoms with Crippen molar-refractivity contribution in [3.8, 4) is 0 Å². The number of benzene rings is 1. The lowest BCUT2D eigenvalue weighted by Gasteiger charge is -2.20. The van der Waals surface area contributed by atoms with Crippen LogP contribution in [0.4, 0.5) is 4.39 Å². The smallest absolute Gasteiger partial charge is 0.134 e. The summed E-state index contributed by atoms with van der Waals surface area (Å²) >= 11 is 5.89. The maximum Gasteiger partial charge on any atom is 0.134 e. The standard InChI is InChI=1S/C10H13ClFNO/c1-6-4-8(11)7(5-9(6)12)10(14)13(2)3/h4-5,10,14H,1-3H3. The minimum absolute atomic E-state index is 0.356. The summed E-state index contributed by atoms with van der Waals surface area (Å²) in [6.45, 7) is 1.63. The van der Waals surface area contributed by atoms with Crippen LogP contribution in [0.5, 0.6) is 0 Å². The van der Waals surface area contributed by atoms with E-state index in [2.05, 4.69) is 0 Å². The Labute approximate surface area is 87.9 Å². The van der Waals surface area contributed by atoms with E-state index in [1.807, 2.05) is 0 Å². The predicted molar refractivity (Wildman–Crippen MR) is 54.8 cm³/mol. The Morgan fingerprint density at radius 2 is 2.00 bits per heavy atom. The Morgan fingerprint density at radius 3 is 2.50 bits per heavy atom. The number of hydrogen-bond donors (Lipinski definition) is 1. The van der Waals surface area contributed by atoms with Gasteiger partial charge in [0, 0.05) is 10.6 Å². The zero-order chi connectivity index (χ0) is 10.9. The molecule has 1 aromatic carbocycles. The molecule has 0 aliphatic carbocycles. The molecule has 0 aliphatic heterocycles. The van der Waals surface area contributed by atoms with Crippen molar-refractivity contribution >= 4 is 11.6 Å². The molecule has 0 heterocycles. The van der Waals surface area contributed by atoms with E-state index in [4.69, 9.17) is 11.6 Å². The molecule has 0 bridgehead atoms. The Morgan fingerprint density at radius 1 is 1.43 bits per heavy atom. The zero-order valence-electron chi connectivity index (χ0n) is 8.38. The van der Waals surface area contributed by atoms with Gasteiger partial charge in [-0.25, -0.2) is 4.39 Å². The first-order valence-corrected chi connectivity index (χ1v) is 4.61. The number of hydrogen-bond acceptors (Lipinski definition) is 2. The van der Waals surface area contributed by atoms with Gasteiger partial charge >= 0.3 is 0 Å². The lowest BCUT2D eigenvalue weighted by atomic mass is 10.1. The lowest BCUT2D eigenvalue weighted by molar-refractivity contribution is 0.0393. The SMILES string of the molecule is Cc1cc(Cl)c(C(O)N(C)C)cc1F. The second-order valence-corrected chi connectivity index (χ2v) is 3.87. The molecule has 0 spiro atoms. The van der Waals surface area contributed by atoms with Crippen LogP contribution in [0.15, 0.2) is 12.1 Å². The van der Waals surface area contributed by atoms with E-state index >= 15 is 0 Å². The lowest BCUT2D eigenvalue weighted by Crippen LogP contribution is -2.19. The second kappa shape index (κ2) is 4.26. The van der Waals surface area contributed by atoms with Gasteiger partial charge in [0.1, 0.15) is 12.0 Å². The highest BCUT2D eigenvalue weighted by atomic mass is 35.5. The van der Waals surface area contributed by atoms with Crippen LogP contribution in [0.1, 0.15) is 17.4 Å². The molecule has 0 radical (unpaired) electrons. The van der Waals surface area contributed by atoms with Gasteiger partial charge in [-0.15, -0.1) is 0 Å². The van der Waals surface area contributed by atoms with Gasteiger partial charge < -0.3 is 5.11 Å². The van der Waals surface area contributed by atoms with Crippen molar-refractivity contribution < 1.29 is 9.50 Å². The average molecular weight is 218 g/mol. The Bertz CT molecular complexity index is 341. The van der Waals surface area contributed by atoms with Gasteiger partial charge in [-0.2, -0.15) is 0 Å². The molecule has 0 amide bonds. The highest BCUT2D eigenvalue weighted by Gasteiger charge is 2.15. The van der Waals surface area contributed by atoms with E-state index in [1.54, 1.807) is 25.9 Å². The molecule has 0 saturated heterocycles. The van der Waals surface area contributed by atoms with Gasteiger partial charge in [0.15, 0.2) is 0 Å². The quantitative estimate of drug-likeness (QED) is 0.769. The molecule has 78 valence electrons. The van der Waals surface area contributed by atoms with E-state index in [9.17, 15) is 9.50 Å². The third-order valence-corrected chi connectivity index (χ3v) is 2.37. The number of aryl methyl sites for hydroxylation is 1. The van der Waals surface area contributed by atoms with Crippen LogP contribution in [-0.2, 0) is 0 Å².